The second-order valence-corrected chi connectivity index (χ2v) is 9.04. The number of esters is 1. The van der Waals surface area contributed by atoms with E-state index in [-0.39, 0.29) is 23.5 Å². The van der Waals surface area contributed by atoms with Gasteiger partial charge in [0, 0.05) is 11.3 Å². The van der Waals surface area contributed by atoms with Gasteiger partial charge < -0.3 is 14.6 Å². The van der Waals surface area contributed by atoms with Crippen LogP contribution in [0.2, 0.25) is 0 Å². The molecule has 3 aromatic carbocycles. The molecule has 37 heavy (non-hydrogen) atoms. The molecular formula is C30H27NO6. The van der Waals surface area contributed by atoms with Gasteiger partial charge in [-0.15, -0.1) is 0 Å². The molecule has 1 saturated heterocycles. The molecule has 7 nitrogen and oxygen atoms in total. The largest absolute Gasteiger partial charge is 0.507 e. The number of carbonyl (C=O) groups is 3. The minimum atomic E-state index is -0.879. The van der Waals surface area contributed by atoms with Crippen molar-refractivity contribution in [3.63, 3.8) is 0 Å². The van der Waals surface area contributed by atoms with E-state index in [1.165, 1.54) is 11.0 Å². The number of aliphatic hydroxyl groups is 1. The van der Waals surface area contributed by atoms with Crippen molar-refractivity contribution in [1.82, 2.24) is 0 Å². The number of anilines is 1. The van der Waals surface area contributed by atoms with E-state index < -0.39 is 23.7 Å². The third-order valence-electron chi connectivity index (χ3n) is 6.54. The van der Waals surface area contributed by atoms with Crippen molar-refractivity contribution in [3.05, 3.63) is 101 Å². The first-order valence-corrected chi connectivity index (χ1v) is 12.4. The molecule has 5 rings (SSSR count). The number of Topliss-reactive ketones (excluding diaryl/α,β-unsaturated/α-hetero) is 1. The predicted octanol–water partition coefficient (Wildman–Crippen LogP) is 5.20. The van der Waals surface area contributed by atoms with Gasteiger partial charge in [0.15, 0.2) is 0 Å². The number of nitrogens with zero attached hydrogens (tertiary/aromatic N) is 1. The summed E-state index contributed by atoms with van der Waals surface area (Å²) in [4.78, 5) is 40.7. The van der Waals surface area contributed by atoms with Gasteiger partial charge in [0.2, 0.25) is 0 Å². The molecule has 1 fully saturated rings. The van der Waals surface area contributed by atoms with Crippen LogP contribution in [0.3, 0.4) is 0 Å². The highest BCUT2D eigenvalue weighted by molar-refractivity contribution is 6.51. The quantitative estimate of drug-likeness (QED) is 0.218. The van der Waals surface area contributed by atoms with Crippen LogP contribution in [0.5, 0.6) is 5.75 Å². The smallest absolute Gasteiger partial charge is 0.338 e. The van der Waals surface area contributed by atoms with Gasteiger partial charge >= 0.3 is 5.97 Å². The molecule has 2 aliphatic heterocycles. The van der Waals surface area contributed by atoms with Crippen LogP contribution in [-0.2, 0) is 20.7 Å². The van der Waals surface area contributed by atoms with E-state index in [1.807, 2.05) is 31.2 Å². The summed E-state index contributed by atoms with van der Waals surface area (Å²) in [6, 6.07) is 19.9. The molecule has 1 unspecified atom stereocenters. The van der Waals surface area contributed by atoms with Crippen molar-refractivity contribution < 1.29 is 29.0 Å². The highest BCUT2D eigenvalue weighted by atomic mass is 16.5. The van der Waals surface area contributed by atoms with E-state index in [9.17, 15) is 19.5 Å². The number of ether oxygens (including phenoxy) is 2. The summed E-state index contributed by atoms with van der Waals surface area (Å²) in [7, 11) is 0. The van der Waals surface area contributed by atoms with Gasteiger partial charge in [0.1, 0.15) is 11.5 Å². The number of hydrogen-bond acceptors (Lipinski definition) is 6. The molecule has 0 aliphatic carbocycles. The van der Waals surface area contributed by atoms with Gasteiger partial charge in [-0.1, -0.05) is 43.3 Å². The number of aryl methyl sites for hydroxylation is 1. The van der Waals surface area contributed by atoms with Crippen LogP contribution in [0.4, 0.5) is 5.69 Å². The molecule has 1 atom stereocenters. The first-order valence-electron chi connectivity index (χ1n) is 12.4. The molecule has 7 heteroatoms. The van der Waals surface area contributed by atoms with Gasteiger partial charge in [0.25, 0.3) is 11.7 Å². The summed E-state index contributed by atoms with van der Waals surface area (Å²) < 4.78 is 10.9. The maximum Gasteiger partial charge on any atom is 0.338 e. The third kappa shape index (κ3) is 4.60. The fourth-order valence-corrected chi connectivity index (χ4v) is 4.77. The van der Waals surface area contributed by atoms with E-state index in [4.69, 9.17) is 9.47 Å². The van der Waals surface area contributed by atoms with Crippen molar-refractivity contribution >= 4 is 29.1 Å². The Balaban J connectivity index is 1.62. The average Bonchev–Trinajstić information content (AvgIpc) is 3.21. The van der Waals surface area contributed by atoms with Crippen molar-refractivity contribution in [2.45, 2.75) is 32.2 Å². The van der Waals surface area contributed by atoms with Crippen molar-refractivity contribution in [1.29, 1.82) is 0 Å². The minimum absolute atomic E-state index is 0.00756. The summed E-state index contributed by atoms with van der Waals surface area (Å²) in [6.45, 7) is 2.82. The lowest BCUT2D eigenvalue weighted by molar-refractivity contribution is -0.132. The first-order chi connectivity index (χ1) is 18.0. The molecule has 0 saturated carbocycles. The van der Waals surface area contributed by atoms with Crippen LogP contribution >= 0.6 is 0 Å². The van der Waals surface area contributed by atoms with Gasteiger partial charge in [-0.05, 0) is 66.8 Å². The zero-order chi connectivity index (χ0) is 25.9. The highest BCUT2D eigenvalue weighted by Crippen LogP contribution is 2.42. The zero-order valence-corrected chi connectivity index (χ0v) is 20.5. The second kappa shape index (κ2) is 10.3. The topological polar surface area (TPSA) is 93.1 Å². The predicted molar refractivity (Wildman–Crippen MR) is 138 cm³/mol. The fourth-order valence-electron chi connectivity index (χ4n) is 4.77. The van der Waals surface area contributed by atoms with Crippen molar-refractivity contribution in [2.75, 3.05) is 18.1 Å². The number of ketones is 1. The zero-order valence-electron chi connectivity index (χ0n) is 20.5. The summed E-state index contributed by atoms with van der Waals surface area (Å²) in [5, 5.41) is 11.4. The Kier molecular flexibility index (Phi) is 6.77. The Hall–Kier alpha value is -4.39. The normalized spacial score (nSPS) is 18.3. The van der Waals surface area contributed by atoms with Gasteiger partial charge in [0.05, 0.1) is 30.4 Å². The number of rotatable bonds is 6. The van der Waals surface area contributed by atoms with Crippen LogP contribution < -0.4 is 9.64 Å². The number of aliphatic hydroxyl groups excluding tert-OH is 1. The molecule has 0 spiro atoms. The van der Waals surface area contributed by atoms with Gasteiger partial charge in [-0.2, -0.15) is 0 Å². The summed E-state index contributed by atoms with van der Waals surface area (Å²) in [6.07, 6.45) is 2.35. The Morgan fingerprint density at radius 3 is 2.62 bits per heavy atom. The maximum atomic E-state index is 13.4. The lowest BCUT2D eigenvalue weighted by Crippen LogP contribution is -2.29. The van der Waals surface area contributed by atoms with E-state index in [1.54, 1.807) is 42.5 Å². The highest BCUT2D eigenvalue weighted by Gasteiger charge is 2.47. The summed E-state index contributed by atoms with van der Waals surface area (Å²) >= 11 is 0. The molecule has 1 amide bonds. The third-order valence-corrected chi connectivity index (χ3v) is 6.54. The monoisotopic (exact) mass is 497 g/mol. The number of carbonyl (C=O) groups excluding carboxylic acids is 3. The summed E-state index contributed by atoms with van der Waals surface area (Å²) in [5.74, 6) is -1.57. The lowest BCUT2D eigenvalue weighted by Gasteiger charge is -2.26. The average molecular weight is 498 g/mol. The van der Waals surface area contributed by atoms with E-state index in [2.05, 4.69) is 0 Å². The molecule has 188 valence electrons. The molecular weight excluding hydrogens is 470 g/mol. The van der Waals surface area contributed by atoms with Crippen LogP contribution in [0.1, 0.15) is 52.9 Å². The number of fused-ring (bicyclic) bond motifs is 1. The Morgan fingerprint density at radius 1 is 1.03 bits per heavy atom. The Bertz CT molecular complexity index is 1390. The number of hydrogen-bond donors (Lipinski definition) is 1. The molecule has 3 aromatic rings. The minimum Gasteiger partial charge on any atom is -0.507 e. The van der Waals surface area contributed by atoms with E-state index in [0.29, 0.717) is 29.8 Å². The van der Waals surface area contributed by atoms with Crippen LogP contribution in [0.25, 0.3) is 5.76 Å². The first kappa shape index (κ1) is 24.3. The maximum absolute atomic E-state index is 13.4. The van der Waals surface area contributed by atoms with Crippen molar-refractivity contribution in [3.8, 4) is 5.75 Å². The number of benzene rings is 3. The molecule has 2 heterocycles. The van der Waals surface area contributed by atoms with Crippen LogP contribution in [-0.4, -0.2) is 36.0 Å². The van der Waals surface area contributed by atoms with E-state index in [0.717, 1.165) is 24.2 Å². The summed E-state index contributed by atoms with van der Waals surface area (Å²) in [5.41, 5.74) is 2.67. The van der Waals surface area contributed by atoms with E-state index >= 15 is 0 Å². The number of amides is 1. The second-order valence-electron chi connectivity index (χ2n) is 9.04. The standard InChI is InChI=1S/C30H27NO6/c1-2-15-37-30(35)22-10-6-12-23(18-22)31-26(19-8-4-3-5-9-19)25(28(33)29(31)34)27(32)21-13-14-24-20(17-21)11-7-16-36-24/h3-6,8-10,12-14,17-18,26,32H,2,7,11,15-16H2,1H3/b27-25-. The lowest BCUT2D eigenvalue weighted by atomic mass is 9.94. The van der Waals surface area contributed by atoms with Crippen LogP contribution in [0.15, 0.2) is 78.4 Å². The molecule has 1 N–H and O–H groups in total. The molecule has 0 radical (unpaired) electrons. The van der Waals surface area contributed by atoms with Crippen LogP contribution in [0, 0.1) is 0 Å². The van der Waals surface area contributed by atoms with Gasteiger partial charge in [-0.3, -0.25) is 14.5 Å². The molecule has 0 aromatic heterocycles. The Morgan fingerprint density at radius 2 is 1.84 bits per heavy atom. The van der Waals surface area contributed by atoms with Crippen molar-refractivity contribution in [2.24, 2.45) is 0 Å². The Labute approximate surface area is 214 Å². The molecule has 2 aliphatic rings. The SMILES string of the molecule is CCCOC(=O)c1cccc(N2C(=O)C(=O)/C(=C(\O)c3ccc4c(c3)CCCO4)C2c2ccccc2)c1. The van der Waals surface area contributed by atoms with Gasteiger partial charge in [-0.25, -0.2) is 4.79 Å². The fraction of sp³-hybridized carbons (Fsp3) is 0.233. The molecule has 0 bridgehead atoms.